The standard InChI is InChI=1S/C31H40ClN7O2/c1-22-6-3-7-23-8-4-10-27(28(22)23)39-15-11-25-26(20-39)34-30(41-21-24-9-5-14-36(24)2)35-29(25)37-16-18-38(19-17-37)31(40)33-13-12-32/h3-4,6-8,10,24H,5,9,11-21H2,1-2H3,(H,33,40). The Bertz CT molecular complexity index is 1390. The minimum absolute atomic E-state index is 0.0549. The number of likely N-dealkylation sites (N-methyl/N-ethyl adjacent to an activating group) is 1. The first-order chi connectivity index (χ1) is 20.0. The van der Waals surface area contributed by atoms with E-state index in [0.29, 0.717) is 50.7 Å². The van der Waals surface area contributed by atoms with Gasteiger partial charge in [-0.3, -0.25) is 0 Å². The van der Waals surface area contributed by atoms with Crippen LogP contribution in [-0.2, 0) is 13.0 Å². The lowest BCUT2D eigenvalue weighted by molar-refractivity contribution is 0.186. The van der Waals surface area contributed by atoms with E-state index in [1.165, 1.54) is 34.0 Å². The minimum Gasteiger partial charge on any atom is -0.462 e. The zero-order valence-corrected chi connectivity index (χ0v) is 24.9. The molecule has 1 N–H and O–H groups in total. The van der Waals surface area contributed by atoms with Crippen LogP contribution in [0.4, 0.5) is 16.3 Å². The van der Waals surface area contributed by atoms with Crippen LogP contribution in [0, 0.1) is 6.92 Å². The lowest BCUT2D eigenvalue weighted by Gasteiger charge is -2.38. The summed E-state index contributed by atoms with van der Waals surface area (Å²) in [5.41, 5.74) is 4.76. The summed E-state index contributed by atoms with van der Waals surface area (Å²) in [7, 11) is 2.16. The molecule has 6 rings (SSSR count). The molecule has 9 nitrogen and oxygen atoms in total. The van der Waals surface area contributed by atoms with Crippen molar-refractivity contribution in [1.29, 1.82) is 0 Å². The van der Waals surface area contributed by atoms with Gasteiger partial charge in [0.2, 0.25) is 0 Å². The number of rotatable bonds is 7. The number of alkyl halides is 1. The van der Waals surface area contributed by atoms with E-state index in [1.807, 2.05) is 4.90 Å². The van der Waals surface area contributed by atoms with Crippen LogP contribution in [0.25, 0.3) is 10.8 Å². The number of benzene rings is 2. The van der Waals surface area contributed by atoms with Gasteiger partial charge >= 0.3 is 12.0 Å². The molecule has 2 fully saturated rings. The largest absolute Gasteiger partial charge is 0.462 e. The van der Waals surface area contributed by atoms with Crippen LogP contribution in [0.1, 0.15) is 29.7 Å². The second kappa shape index (κ2) is 12.3. The Kier molecular flexibility index (Phi) is 8.35. The number of aryl methyl sites for hydroxylation is 1. The van der Waals surface area contributed by atoms with E-state index in [4.69, 9.17) is 26.3 Å². The molecule has 0 aliphatic carbocycles. The van der Waals surface area contributed by atoms with Gasteiger partial charge in [-0.15, -0.1) is 11.6 Å². The lowest BCUT2D eigenvalue weighted by Crippen LogP contribution is -2.52. The summed E-state index contributed by atoms with van der Waals surface area (Å²) in [5.74, 6) is 1.37. The highest BCUT2D eigenvalue weighted by Crippen LogP contribution is 2.35. The summed E-state index contributed by atoms with van der Waals surface area (Å²) in [5, 5.41) is 5.44. The summed E-state index contributed by atoms with van der Waals surface area (Å²) in [6.45, 7) is 8.67. The Morgan fingerprint density at radius 1 is 1.05 bits per heavy atom. The van der Waals surface area contributed by atoms with Gasteiger partial charge in [0, 0.05) is 67.8 Å². The molecule has 1 atom stereocenters. The molecule has 3 aliphatic heterocycles. The average molecular weight is 578 g/mol. The number of urea groups is 1. The molecule has 0 saturated carbocycles. The fraction of sp³-hybridized carbons (Fsp3) is 0.516. The van der Waals surface area contributed by atoms with E-state index in [-0.39, 0.29) is 6.03 Å². The van der Waals surface area contributed by atoms with Crippen LogP contribution in [0.2, 0.25) is 0 Å². The quantitative estimate of drug-likeness (QED) is 0.425. The fourth-order valence-electron chi connectivity index (χ4n) is 6.44. The third kappa shape index (κ3) is 5.88. The predicted molar refractivity (Wildman–Crippen MR) is 165 cm³/mol. The van der Waals surface area contributed by atoms with E-state index >= 15 is 0 Å². The molecule has 1 unspecified atom stereocenters. The topological polar surface area (TPSA) is 77.1 Å². The summed E-state index contributed by atoms with van der Waals surface area (Å²) in [4.78, 5) is 31.5. The number of aromatic nitrogens is 2. The minimum atomic E-state index is -0.0549. The number of hydrogen-bond donors (Lipinski definition) is 1. The van der Waals surface area contributed by atoms with Crippen LogP contribution < -0.4 is 19.9 Å². The number of nitrogens with zero attached hydrogens (tertiary/aromatic N) is 6. The van der Waals surface area contributed by atoms with Crippen LogP contribution in [0.15, 0.2) is 36.4 Å². The maximum Gasteiger partial charge on any atom is 0.318 e. The first-order valence-electron chi connectivity index (χ1n) is 14.8. The summed E-state index contributed by atoms with van der Waals surface area (Å²) in [6.07, 6.45) is 3.19. The molecule has 1 aromatic heterocycles. The van der Waals surface area contributed by atoms with Gasteiger partial charge in [-0.05, 0) is 56.8 Å². The SMILES string of the molecule is Cc1cccc2cccc(N3CCc4c(nc(OCC5CCCN5C)nc4N4CCN(C(=O)NCCCl)CC4)C3)c12. The summed E-state index contributed by atoms with van der Waals surface area (Å²) in [6, 6.07) is 13.8. The smallest absolute Gasteiger partial charge is 0.318 e. The maximum atomic E-state index is 12.5. The van der Waals surface area contributed by atoms with Crippen molar-refractivity contribution >= 4 is 39.9 Å². The molecule has 0 bridgehead atoms. The van der Waals surface area contributed by atoms with E-state index in [2.05, 4.69) is 70.4 Å². The van der Waals surface area contributed by atoms with Crippen LogP contribution >= 0.6 is 11.6 Å². The Morgan fingerprint density at radius 3 is 2.61 bits per heavy atom. The molecule has 10 heteroatoms. The summed E-state index contributed by atoms with van der Waals surface area (Å²) < 4.78 is 6.30. The first kappa shape index (κ1) is 27.8. The molecule has 2 aromatic carbocycles. The van der Waals surface area contributed by atoms with Gasteiger partial charge < -0.3 is 29.7 Å². The van der Waals surface area contributed by atoms with Crippen molar-refractivity contribution in [2.75, 3.05) is 75.1 Å². The zero-order chi connectivity index (χ0) is 28.3. The fourth-order valence-corrected chi connectivity index (χ4v) is 6.53. The first-order valence-corrected chi connectivity index (χ1v) is 15.3. The third-order valence-corrected chi connectivity index (χ3v) is 8.96. The van der Waals surface area contributed by atoms with Crippen molar-refractivity contribution in [2.24, 2.45) is 0 Å². The van der Waals surface area contributed by atoms with Gasteiger partial charge in [-0.2, -0.15) is 9.97 Å². The number of nitrogens with one attached hydrogen (secondary N) is 1. The Labute approximate surface area is 247 Å². The van der Waals surface area contributed by atoms with Crippen molar-refractivity contribution in [3.63, 3.8) is 0 Å². The van der Waals surface area contributed by atoms with Crippen LogP contribution in [0.5, 0.6) is 6.01 Å². The molecule has 218 valence electrons. The van der Waals surface area contributed by atoms with Gasteiger partial charge in [0.15, 0.2) is 0 Å². The highest BCUT2D eigenvalue weighted by Gasteiger charge is 2.30. The van der Waals surface area contributed by atoms with Gasteiger partial charge in [0.1, 0.15) is 12.4 Å². The van der Waals surface area contributed by atoms with E-state index in [0.717, 1.165) is 50.5 Å². The number of anilines is 2. The van der Waals surface area contributed by atoms with Gasteiger partial charge in [0.05, 0.1) is 12.2 Å². The van der Waals surface area contributed by atoms with E-state index in [9.17, 15) is 4.79 Å². The monoisotopic (exact) mass is 577 g/mol. The Hall–Kier alpha value is -3.30. The number of hydrogen-bond acceptors (Lipinski definition) is 7. The molecule has 41 heavy (non-hydrogen) atoms. The van der Waals surface area contributed by atoms with Crippen molar-refractivity contribution in [1.82, 2.24) is 25.1 Å². The highest BCUT2D eigenvalue weighted by atomic mass is 35.5. The zero-order valence-electron chi connectivity index (χ0n) is 24.1. The Balaban J connectivity index is 1.27. The molecule has 2 saturated heterocycles. The van der Waals surface area contributed by atoms with Crippen molar-refractivity contribution in [3.8, 4) is 6.01 Å². The molecule has 2 amide bonds. The van der Waals surface area contributed by atoms with Gasteiger partial charge in [-0.25, -0.2) is 4.79 Å². The lowest BCUT2D eigenvalue weighted by atomic mass is 9.99. The number of carbonyl (C=O) groups is 1. The van der Waals surface area contributed by atoms with Gasteiger partial charge in [0.25, 0.3) is 0 Å². The number of ether oxygens (including phenoxy) is 1. The van der Waals surface area contributed by atoms with Gasteiger partial charge in [-0.1, -0.05) is 30.3 Å². The normalized spacial score (nSPS) is 19.5. The molecule has 3 aliphatic rings. The van der Waals surface area contributed by atoms with Crippen molar-refractivity contribution in [3.05, 3.63) is 53.2 Å². The maximum absolute atomic E-state index is 12.5. The molecular weight excluding hydrogens is 538 g/mol. The van der Waals surface area contributed by atoms with E-state index < -0.39 is 0 Å². The molecule has 0 radical (unpaired) electrons. The number of piperazine rings is 1. The summed E-state index contributed by atoms with van der Waals surface area (Å²) >= 11 is 5.76. The average Bonchev–Trinajstić information content (AvgIpc) is 3.42. The van der Waals surface area contributed by atoms with Crippen LogP contribution in [0.3, 0.4) is 0 Å². The molecular formula is C31H40ClN7O2. The molecule has 0 spiro atoms. The third-order valence-electron chi connectivity index (χ3n) is 8.77. The number of fused-ring (bicyclic) bond motifs is 2. The number of amides is 2. The predicted octanol–water partition coefficient (Wildman–Crippen LogP) is 4.04. The van der Waals surface area contributed by atoms with Crippen molar-refractivity contribution in [2.45, 2.75) is 38.8 Å². The number of halogens is 1. The molecule has 4 heterocycles. The highest BCUT2D eigenvalue weighted by molar-refractivity contribution is 6.18. The van der Waals surface area contributed by atoms with E-state index in [1.54, 1.807) is 0 Å². The van der Waals surface area contributed by atoms with Crippen molar-refractivity contribution < 1.29 is 9.53 Å². The second-order valence-corrected chi connectivity index (χ2v) is 11.7. The van der Waals surface area contributed by atoms with Crippen LogP contribution in [-0.4, -0.2) is 97.2 Å². The second-order valence-electron chi connectivity index (χ2n) is 11.4. The number of carbonyl (C=O) groups excluding carboxylic acids is 1. The Morgan fingerprint density at radius 2 is 1.85 bits per heavy atom. The number of likely N-dealkylation sites (tertiary alicyclic amines) is 1. The molecule has 3 aromatic rings.